The van der Waals surface area contributed by atoms with Gasteiger partial charge in [0.15, 0.2) is 0 Å². The van der Waals surface area contributed by atoms with E-state index in [0.717, 1.165) is 0 Å². The number of carbonyl (C=O) groups is 2. The summed E-state index contributed by atoms with van der Waals surface area (Å²) in [4.78, 5) is 23.2. The topological polar surface area (TPSA) is 43.4 Å². The Morgan fingerprint density at radius 2 is 1.88 bits per heavy atom. The number of benzene rings is 1. The van der Waals surface area contributed by atoms with Crippen LogP contribution in [0.15, 0.2) is 24.3 Å². The summed E-state index contributed by atoms with van der Waals surface area (Å²) in [6.45, 7) is 3.72. The Kier molecular flexibility index (Phi) is 3.03. The van der Waals surface area contributed by atoms with E-state index in [4.69, 9.17) is 16.3 Å². The summed E-state index contributed by atoms with van der Waals surface area (Å²) in [6.07, 6.45) is 1.17. The highest BCUT2D eigenvalue weighted by atomic mass is 35.5. The van der Waals surface area contributed by atoms with E-state index in [1.54, 1.807) is 12.1 Å². The van der Waals surface area contributed by atoms with Crippen LogP contribution >= 0.6 is 11.6 Å². The zero-order valence-electron chi connectivity index (χ0n) is 9.49. The molecule has 0 aromatic heterocycles. The van der Waals surface area contributed by atoms with Crippen LogP contribution in [-0.4, -0.2) is 17.7 Å². The largest absolute Gasteiger partial charge is 0.490 e. The normalized spacial score (nSPS) is 14.7. The van der Waals surface area contributed by atoms with Gasteiger partial charge in [-0.05, 0) is 32.0 Å². The van der Waals surface area contributed by atoms with Gasteiger partial charge < -0.3 is 4.74 Å². The number of ketones is 2. The van der Waals surface area contributed by atoms with Gasteiger partial charge in [0.2, 0.25) is 11.6 Å². The van der Waals surface area contributed by atoms with Crippen LogP contribution in [-0.2, 0) is 9.53 Å². The van der Waals surface area contributed by atoms with E-state index < -0.39 is 11.6 Å². The lowest BCUT2D eigenvalue weighted by atomic mass is 9.94. The summed E-state index contributed by atoms with van der Waals surface area (Å²) in [5, 5.41) is 0.427. The Hall–Kier alpha value is -1.61. The second kappa shape index (κ2) is 4.34. The van der Waals surface area contributed by atoms with E-state index in [9.17, 15) is 9.59 Å². The van der Waals surface area contributed by atoms with Gasteiger partial charge in [0, 0.05) is 22.2 Å². The van der Waals surface area contributed by atoms with Gasteiger partial charge in [0.25, 0.3) is 0 Å². The number of allylic oxidation sites excluding steroid dienone is 1. The lowest BCUT2D eigenvalue weighted by molar-refractivity contribution is -0.111. The van der Waals surface area contributed by atoms with Crippen LogP contribution in [0.4, 0.5) is 0 Å². The first-order chi connectivity index (χ1) is 7.99. The maximum Gasteiger partial charge on any atom is 0.233 e. The maximum absolute atomic E-state index is 11.7. The van der Waals surface area contributed by atoms with Crippen molar-refractivity contribution in [3.63, 3.8) is 0 Å². The van der Waals surface area contributed by atoms with Crippen molar-refractivity contribution < 1.29 is 14.3 Å². The minimum Gasteiger partial charge on any atom is -0.490 e. The number of rotatable bonds is 2. The first-order valence-corrected chi connectivity index (χ1v) is 5.64. The molecule has 3 nitrogen and oxygen atoms in total. The molecule has 0 saturated carbocycles. The summed E-state index contributed by atoms with van der Waals surface area (Å²) in [5.74, 6) is -0.690. The van der Waals surface area contributed by atoms with Gasteiger partial charge in [-0.3, -0.25) is 9.59 Å². The fraction of sp³-hybridized carbons (Fsp3) is 0.231. The number of Topliss-reactive ketones (excluding diaryl/α,β-unsaturated/α-hetero) is 1. The first kappa shape index (κ1) is 11.9. The van der Waals surface area contributed by atoms with Gasteiger partial charge in [0.05, 0.1) is 6.10 Å². The van der Waals surface area contributed by atoms with Crippen molar-refractivity contribution in [2.24, 2.45) is 0 Å². The maximum atomic E-state index is 11.7. The molecule has 0 bridgehead atoms. The summed E-state index contributed by atoms with van der Waals surface area (Å²) in [7, 11) is 0. The highest BCUT2D eigenvalue weighted by Gasteiger charge is 2.27. The highest BCUT2D eigenvalue weighted by molar-refractivity contribution is 6.50. The lowest BCUT2D eigenvalue weighted by Gasteiger charge is -2.19. The Labute approximate surface area is 104 Å². The average molecular weight is 251 g/mol. The molecule has 2 rings (SSSR count). The number of hydrogen-bond acceptors (Lipinski definition) is 3. The monoisotopic (exact) mass is 250 g/mol. The van der Waals surface area contributed by atoms with Crippen molar-refractivity contribution in [2.45, 2.75) is 20.0 Å². The van der Waals surface area contributed by atoms with Crippen LogP contribution < -0.4 is 0 Å². The highest BCUT2D eigenvalue weighted by Crippen LogP contribution is 2.29. The van der Waals surface area contributed by atoms with Crippen LogP contribution in [0.1, 0.15) is 29.8 Å². The van der Waals surface area contributed by atoms with Crippen molar-refractivity contribution in [1.82, 2.24) is 0 Å². The summed E-state index contributed by atoms with van der Waals surface area (Å²) < 4.78 is 5.52. The molecule has 17 heavy (non-hydrogen) atoms. The van der Waals surface area contributed by atoms with Gasteiger partial charge in [-0.2, -0.15) is 0 Å². The van der Waals surface area contributed by atoms with Crippen molar-refractivity contribution in [1.29, 1.82) is 0 Å². The quantitative estimate of drug-likeness (QED) is 0.758. The van der Waals surface area contributed by atoms with Gasteiger partial charge in [-0.1, -0.05) is 11.6 Å². The molecule has 0 radical (unpaired) electrons. The van der Waals surface area contributed by atoms with Crippen LogP contribution in [0.2, 0.25) is 5.02 Å². The molecule has 88 valence electrons. The van der Waals surface area contributed by atoms with Crippen molar-refractivity contribution in [2.75, 3.05) is 0 Å². The van der Waals surface area contributed by atoms with Crippen LogP contribution in [0.5, 0.6) is 0 Å². The third kappa shape index (κ3) is 2.24. The number of halogens is 1. The molecule has 1 aliphatic rings. The third-order valence-corrected chi connectivity index (χ3v) is 2.58. The Morgan fingerprint density at radius 1 is 1.18 bits per heavy atom. The van der Waals surface area contributed by atoms with E-state index in [0.29, 0.717) is 21.9 Å². The minimum absolute atomic E-state index is 0.0641. The van der Waals surface area contributed by atoms with E-state index in [2.05, 4.69) is 0 Å². The molecule has 0 amide bonds. The fourth-order valence-corrected chi connectivity index (χ4v) is 1.84. The average Bonchev–Trinajstić information content (AvgIpc) is 2.24. The molecule has 0 atom stereocenters. The van der Waals surface area contributed by atoms with E-state index in [1.165, 1.54) is 12.1 Å². The Balaban J connectivity index is 2.54. The van der Waals surface area contributed by atoms with Gasteiger partial charge >= 0.3 is 0 Å². The Bertz CT molecular complexity index is 529. The van der Waals surface area contributed by atoms with Gasteiger partial charge in [0.1, 0.15) is 5.76 Å². The molecule has 0 saturated heterocycles. The molecule has 0 heterocycles. The van der Waals surface area contributed by atoms with Gasteiger partial charge in [-0.25, -0.2) is 0 Å². The number of carbonyl (C=O) groups excluding carboxylic acids is 2. The molecule has 0 N–H and O–H groups in total. The molecule has 1 aromatic carbocycles. The second-order valence-corrected chi connectivity index (χ2v) is 4.49. The molecule has 1 aromatic rings. The first-order valence-electron chi connectivity index (χ1n) is 5.26. The fourth-order valence-electron chi connectivity index (χ4n) is 1.67. The summed E-state index contributed by atoms with van der Waals surface area (Å²) >= 11 is 5.82. The smallest absolute Gasteiger partial charge is 0.233 e. The molecular formula is C13H11ClO3. The van der Waals surface area contributed by atoms with E-state index >= 15 is 0 Å². The standard InChI is InChI=1S/C13H11ClO3/c1-7(2)17-12-6-11(15)13(16)10-5-8(14)3-4-9(10)12/h3-7H,1-2H3. The molecule has 0 unspecified atom stereocenters. The van der Waals surface area contributed by atoms with E-state index in [1.807, 2.05) is 13.8 Å². The summed E-state index contributed by atoms with van der Waals surface area (Å²) in [6, 6.07) is 4.85. The second-order valence-electron chi connectivity index (χ2n) is 4.06. The molecule has 0 fully saturated rings. The number of ether oxygens (including phenoxy) is 1. The van der Waals surface area contributed by atoms with Gasteiger partial charge in [-0.15, -0.1) is 0 Å². The molecule has 0 aliphatic heterocycles. The molecular weight excluding hydrogens is 240 g/mol. The van der Waals surface area contributed by atoms with Crippen LogP contribution in [0.3, 0.4) is 0 Å². The zero-order chi connectivity index (χ0) is 12.6. The zero-order valence-corrected chi connectivity index (χ0v) is 10.2. The Morgan fingerprint density at radius 3 is 2.53 bits per heavy atom. The van der Waals surface area contributed by atoms with Crippen molar-refractivity contribution in [3.05, 3.63) is 40.4 Å². The predicted molar refractivity (Wildman–Crippen MR) is 65.0 cm³/mol. The van der Waals surface area contributed by atoms with Crippen LogP contribution in [0, 0.1) is 0 Å². The van der Waals surface area contributed by atoms with E-state index in [-0.39, 0.29) is 6.10 Å². The summed E-state index contributed by atoms with van der Waals surface area (Å²) in [5.41, 5.74) is 0.924. The lowest BCUT2D eigenvalue weighted by Crippen LogP contribution is -2.20. The SMILES string of the molecule is CC(C)OC1=CC(=O)C(=O)c2cc(Cl)ccc21. The molecule has 4 heteroatoms. The van der Waals surface area contributed by atoms with Crippen LogP contribution in [0.25, 0.3) is 5.76 Å². The third-order valence-electron chi connectivity index (χ3n) is 2.34. The molecule has 1 aliphatic carbocycles. The molecule has 0 spiro atoms. The number of fused-ring (bicyclic) bond motifs is 1. The van der Waals surface area contributed by atoms with Crippen molar-refractivity contribution >= 4 is 28.9 Å². The number of hydrogen-bond donors (Lipinski definition) is 0. The van der Waals surface area contributed by atoms with Crippen molar-refractivity contribution in [3.8, 4) is 0 Å². The minimum atomic E-state index is -0.574. The predicted octanol–water partition coefficient (Wildman–Crippen LogP) is 2.87.